The molecule has 6 rings (SSSR count). The zero-order valence-electron chi connectivity index (χ0n) is 24.5. The minimum atomic E-state index is -0.691. The Hall–Kier alpha value is -4.64. The highest BCUT2D eigenvalue weighted by Crippen LogP contribution is 2.34. The number of carbonyl (C=O) groups is 3. The second kappa shape index (κ2) is 13.3. The van der Waals surface area contributed by atoms with Crippen molar-refractivity contribution in [2.45, 2.75) is 25.8 Å². The molecule has 3 aromatic rings. The van der Waals surface area contributed by atoms with E-state index in [9.17, 15) is 14.4 Å². The number of rotatable bonds is 9. The SMILES string of the molecule is CCOc1ccccc1NC(=O)CSC1=Nc2ccccc2C2=N[C@@H](CCC(=O)N3CCN(c4ccccc4)CC3)C(=O)N12. The Morgan fingerprint density at radius 2 is 1.68 bits per heavy atom. The van der Waals surface area contributed by atoms with Crippen molar-refractivity contribution in [1.29, 1.82) is 0 Å². The van der Waals surface area contributed by atoms with Gasteiger partial charge in [-0.05, 0) is 49.7 Å². The molecular weight excluding hydrogens is 576 g/mol. The van der Waals surface area contributed by atoms with Gasteiger partial charge in [0.15, 0.2) is 5.17 Å². The standard InChI is InChI=1S/C33H34N6O4S/c1-2-43-28-15-9-8-14-26(28)34-29(40)22-44-33-36-25-13-7-6-12-24(25)31-35-27(32(42)39(31)33)16-17-30(41)38-20-18-37(19-21-38)23-10-4-3-5-11-23/h3-15,27H,2,16-22H2,1H3,(H,34,40)/t27-/m0/s1. The molecule has 11 heteroatoms. The number of benzene rings is 3. The Bertz CT molecular complexity index is 1600. The van der Waals surface area contributed by atoms with Gasteiger partial charge in [-0.25, -0.2) is 9.89 Å². The zero-order valence-corrected chi connectivity index (χ0v) is 25.3. The maximum atomic E-state index is 13.7. The fourth-order valence-corrected chi connectivity index (χ4v) is 6.33. The lowest BCUT2D eigenvalue weighted by atomic mass is 10.1. The van der Waals surface area contributed by atoms with Crippen molar-refractivity contribution in [3.63, 3.8) is 0 Å². The molecule has 0 saturated carbocycles. The van der Waals surface area contributed by atoms with Gasteiger partial charge in [-0.2, -0.15) is 0 Å². The Kier molecular flexibility index (Phi) is 8.92. The van der Waals surface area contributed by atoms with Gasteiger partial charge in [-0.1, -0.05) is 54.2 Å². The van der Waals surface area contributed by atoms with Gasteiger partial charge in [0.1, 0.15) is 17.6 Å². The number of piperazine rings is 1. The number of nitrogens with zero attached hydrogens (tertiary/aromatic N) is 5. The number of nitrogens with one attached hydrogen (secondary N) is 1. The van der Waals surface area contributed by atoms with Gasteiger partial charge in [-0.15, -0.1) is 0 Å². The van der Waals surface area contributed by atoms with Crippen molar-refractivity contribution in [3.8, 4) is 5.75 Å². The molecule has 3 aliphatic heterocycles. The normalized spacial score (nSPS) is 17.4. The first-order chi connectivity index (χ1) is 21.5. The van der Waals surface area contributed by atoms with Gasteiger partial charge in [0, 0.05) is 43.9 Å². The Balaban J connectivity index is 1.09. The summed E-state index contributed by atoms with van der Waals surface area (Å²) in [6, 6.07) is 24.3. The molecule has 0 spiro atoms. The van der Waals surface area contributed by atoms with Crippen LogP contribution in [0.1, 0.15) is 25.3 Å². The first-order valence-electron chi connectivity index (χ1n) is 14.8. The average molecular weight is 611 g/mol. The number of carbonyl (C=O) groups excluding carboxylic acids is 3. The van der Waals surface area contributed by atoms with Gasteiger partial charge in [0.25, 0.3) is 5.91 Å². The number of fused-ring (bicyclic) bond motifs is 3. The molecule has 44 heavy (non-hydrogen) atoms. The van der Waals surface area contributed by atoms with Gasteiger partial charge in [-0.3, -0.25) is 19.4 Å². The molecule has 3 amide bonds. The summed E-state index contributed by atoms with van der Waals surface area (Å²) in [7, 11) is 0. The molecule has 1 N–H and O–H groups in total. The minimum absolute atomic E-state index is 0.0308. The van der Waals surface area contributed by atoms with Crippen LogP contribution in [0.2, 0.25) is 0 Å². The summed E-state index contributed by atoms with van der Waals surface area (Å²) in [4.78, 5) is 54.9. The molecular formula is C33H34N6O4S. The van der Waals surface area contributed by atoms with Crippen LogP contribution in [0.3, 0.4) is 0 Å². The largest absolute Gasteiger partial charge is 0.492 e. The number of thioether (sulfide) groups is 1. The molecule has 1 atom stereocenters. The summed E-state index contributed by atoms with van der Waals surface area (Å²) in [5.41, 5.74) is 3.19. The number of aliphatic imine (C=N–C) groups is 2. The van der Waals surface area contributed by atoms with E-state index in [0.29, 0.717) is 54.2 Å². The summed E-state index contributed by atoms with van der Waals surface area (Å²) in [5, 5.41) is 3.29. The van der Waals surface area contributed by atoms with Gasteiger partial charge >= 0.3 is 0 Å². The van der Waals surface area contributed by atoms with Crippen LogP contribution in [0.25, 0.3) is 0 Å². The third-order valence-electron chi connectivity index (χ3n) is 7.73. The summed E-state index contributed by atoms with van der Waals surface area (Å²) in [5.74, 6) is 0.698. The summed E-state index contributed by atoms with van der Waals surface area (Å²) < 4.78 is 5.61. The Morgan fingerprint density at radius 1 is 0.955 bits per heavy atom. The van der Waals surface area contributed by atoms with Crippen molar-refractivity contribution >= 4 is 57.5 Å². The third-order valence-corrected chi connectivity index (χ3v) is 8.67. The van der Waals surface area contributed by atoms with Crippen LogP contribution in [-0.2, 0) is 14.4 Å². The van der Waals surface area contributed by atoms with E-state index >= 15 is 0 Å². The highest BCUT2D eigenvalue weighted by Gasteiger charge is 2.41. The highest BCUT2D eigenvalue weighted by molar-refractivity contribution is 8.14. The van der Waals surface area contributed by atoms with Crippen molar-refractivity contribution < 1.29 is 19.1 Å². The molecule has 3 heterocycles. The lowest BCUT2D eigenvalue weighted by Crippen LogP contribution is -2.49. The first-order valence-corrected chi connectivity index (χ1v) is 15.8. The van der Waals surface area contributed by atoms with Crippen molar-refractivity contribution in [3.05, 3.63) is 84.4 Å². The lowest BCUT2D eigenvalue weighted by Gasteiger charge is -2.36. The van der Waals surface area contributed by atoms with E-state index in [-0.39, 0.29) is 29.9 Å². The minimum Gasteiger partial charge on any atom is -0.492 e. The number of amides is 3. The van der Waals surface area contributed by atoms with Crippen LogP contribution < -0.4 is 15.0 Å². The fraction of sp³-hybridized carbons (Fsp3) is 0.303. The van der Waals surface area contributed by atoms with Crippen LogP contribution in [0, 0.1) is 0 Å². The number of ether oxygens (including phenoxy) is 1. The first kappa shape index (κ1) is 29.4. The van der Waals surface area contributed by atoms with Crippen molar-refractivity contribution in [2.75, 3.05) is 48.8 Å². The van der Waals surface area contributed by atoms with Crippen LogP contribution in [0.15, 0.2) is 88.8 Å². The molecule has 10 nitrogen and oxygen atoms in total. The highest BCUT2D eigenvalue weighted by atomic mass is 32.2. The Morgan fingerprint density at radius 3 is 2.48 bits per heavy atom. The number of hydrogen-bond donors (Lipinski definition) is 1. The topological polar surface area (TPSA) is 107 Å². The van der Waals surface area contributed by atoms with Crippen LogP contribution in [0.4, 0.5) is 17.1 Å². The molecule has 3 aliphatic rings. The number of hydrogen-bond acceptors (Lipinski definition) is 8. The molecule has 1 fully saturated rings. The molecule has 0 aromatic heterocycles. The quantitative estimate of drug-likeness (QED) is 0.381. The third kappa shape index (κ3) is 6.33. The van der Waals surface area contributed by atoms with E-state index in [0.717, 1.165) is 24.3 Å². The zero-order chi connectivity index (χ0) is 30.5. The molecule has 0 radical (unpaired) electrons. The van der Waals surface area contributed by atoms with Crippen molar-refractivity contribution in [2.24, 2.45) is 9.98 Å². The van der Waals surface area contributed by atoms with E-state index in [4.69, 9.17) is 14.7 Å². The van der Waals surface area contributed by atoms with Crippen LogP contribution in [0.5, 0.6) is 5.75 Å². The molecule has 0 aliphatic carbocycles. The molecule has 226 valence electrons. The van der Waals surface area contributed by atoms with E-state index in [1.54, 1.807) is 12.1 Å². The molecule has 1 saturated heterocycles. The number of amidine groups is 2. The average Bonchev–Trinajstić information content (AvgIpc) is 3.40. The molecule has 0 unspecified atom stereocenters. The van der Waals surface area contributed by atoms with E-state index < -0.39 is 6.04 Å². The predicted octanol–water partition coefficient (Wildman–Crippen LogP) is 4.54. The van der Waals surface area contributed by atoms with Crippen molar-refractivity contribution in [1.82, 2.24) is 9.80 Å². The van der Waals surface area contributed by atoms with E-state index in [1.165, 1.54) is 16.7 Å². The molecule has 0 bridgehead atoms. The van der Waals surface area contributed by atoms with Gasteiger partial charge in [0.05, 0.1) is 23.7 Å². The van der Waals surface area contributed by atoms with Gasteiger partial charge < -0.3 is 19.9 Å². The second-order valence-electron chi connectivity index (χ2n) is 10.6. The van der Waals surface area contributed by atoms with Crippen LogP contribution >= 0.6 is 11.8 Å². The predicted molar refractivity (Wildman–Crippen MR) is 174 cm³/mol. The second-order valence-corrected chi connectivity index (χ2v) is 11.5. The summed E-state index contributed by atoms with van der Waals surface area (Å²) >= 11 is 1.18. The lowest BCUT2D eigenvalue weighted by molar-refractivity contribution is -0.132. The number of para-hydroxylation sites is 4. The van der Waals surface area contributed by atoms with E-state index in [1.807, 2.05) is 66.4 Å². The van der Waals surface area contributed by atoms with Crippen LogP contribution in [-0.4, -0.2) is 83.1 Å². The maximum Gasteiger partial charge on any atom is 0.259 e. The maximum absolute atomic E-state index is 13.7. The Labute approximate surface area is 260 Å². The fourth-order valence-electron chi connectivity index (χ4n) is 5.53. The van der Waals surface area contributed by atoms with E-state index in [2.05, 4.69) is 22.3 Å². The van der Waals surface area contributed by atoms with Gasteiger partial charge in [0.2, 0.25) is 11.8 Å². The smallest absolute Gasteiger partial charge is 0.259 e. The number of anilines is 2. The summed E-state index contributed by atoms with van der Waals surface area (Å²) in [6.07, 6.45) is 0.542. The summed E-state index contributed by atoms with van der Waals surface area (Å²) in [6.45, 7) is 5.19. The molecule has 3 aromatic carbocycles. The monoisotopic (exact) mass is 610 g/mol.